The maximum absolute atomic E-state index is 12.2. The van der Waals surface area contributed by atoms with Crippen LogP contribution in [0.5, 0.6) is 0 Å². The van der Waals surface area contributed by atoms with E-state index in [2.05, 4.69) is 22.6 Å². The predicted molar refractivity (Wildman–Crippen MR) is 71.6 cm³/mol. The van der Waals surface area contributed by atoms with Gasteiger partial charge in [0.1, 0.15) is 5.52 Å². The summed E-state index contributed by atoms with van der Waals surface area (Å²) in [5.74, 6) is 0. The average molecular weight is 246 g/mol. The molecule has 0 saturated heterocycles. The van der Waals surface area contributed by atoms with Crippen molar-refractivity contribution in [2.24, 2.45) is 0 Å². The van der Waals surface area contributed by atoms with E-state index in [-0.39, 0.29) is 11.6 Å². The molecule has 5 nitrogen and oxygen atoms in total. The van der Waals surface area contributed by atoms with E-state index in [1.807, 2.05) is 19.1 Å². The van der Waals surface area contributed by atoms with Crippen LogP contribution in [-0.2, 0) is 6.54 Å². The predicted octanol–water partition coefficient (Wildman–Crippen LogP) is 1.18. The Balaban J connectivity index is 2.24. The van der Waals surface area contributed by atoms with Crippen LogP contribution in [0.3, 0.4) is 0 Å². The van der Waals surface area contributed by atoms with Crippen molar-refractivity contribution in [2.45, 2.75) is 32.9 Å². The maximum Gasteiger partial charge on any atom is 0.277 e. The molecule has 18 heavy (non-hydrogen) atoms. The zero-order valence-electron chi connectivity index (χ0n) is 10.8. The second kappa shape index (κ2) is 5.73. The van der Waals surface area contributed by atoms with Gasteiger partial charge in [-0.15, -0.1) is 5.10 Å². The first-order valence-electron chi connectivity index (χ1n) is 6.28. The Morgan fingerprint density at radius 3 is 2.94 bits per heavy atom. The Hall–Kier alpha value is -1.75. The largest absolute Gasteiger partial charge is 0.312 e. The lowest BCUT2D eigenvalue weighted by Crippen LogP contribution is -2.36. The SMILES string of the molecule is CCCNC(C)Cn1nnc2ccccc2c1=O. The minimum Gasteiger partial charge on any atom is -0.312 e. The summed E-state index contributed by atoms with van der Waals surface area (Å²) in [6.07, 6.45) is 1.07. The first-order valence-corrected chi connectivity index (χ1v) is 6.28. The number of benzene rings is 1. The highest BCUT2D eigenvalue weighted by atomic mass is 16.1. The van der Waals surface area contributed by atoms with Gasteiger partial charge >= 0.3 is 0 Å². The van der Waals surface area contributed by atoms with E-state index in [9.17, 15) is 4.79 Å². The lowest BCUT2D eigenvalue weighted by Gasteiger charge is -2.13. The highest BCUT2D eigenvalue weighted by Crippen LogP contribution is 2.03. The molecule has 0 saturated carbocycles. The van der Waals surface area contributed by atoms with E-state index in [0.29, 0.717) is 17.4 Å². The Bertz CT molecular complexity index is 578. The minimum atomic E-state index is -0.0780. The number of hydrogen-bond acceptors (Lipinski definition) is 4. The van der Waals surface area contributed by atoms with E-state index >= 15 is 0 Å². The van der Waals surface area contributed by atoms with E-state index in [0.717, 1.165) is 13.0 Å². The quantitative estimate of drug-likeness (QED) is 0.860. The van der Waals surface area contributed by atoms with E-state index < -0.39 is 0 Å². The Morgan fingerprint density at radius 1 is 1.39 bits per heavy atom. The fourth-order valence-electron chi connectivity index (χ4n) is 1.86. The molecule has 5 heteroatoms. The van der Waals surface area contributed by atoms with Crippen LogP contribution in [0.4, 0.5) is 0 Å². The summed E-state index contributed by atoms with van der Waals surface area (Å²) in [5.41, 5.74) is 0.568. The summed E-state index contributed by atoms with van der Waals surface area (Å²) in [7, 11) is 0. The van der Waals surface area contributed by atoms with Crippen molar-refractivity contribution < 1.29 is 0 Å². The molecular weight excluding hydrogens is 228 g/mol. The van der Waals surface area contributed by atoms with Crippen LogP contribution >= 0.6 is 0 Å². The number of hydrogen-bond donors (Lipinski definition) is 1. The Kier molecular flexibility index (Phi) is 4.04. The zero-order valence-corrected chi connectivity index (χ0v) is 10.8. The van der Waals surface area contributed by atoms with Crippen LogP contribution in [0.25, 0.3) is 10.9 Å². The smallest absolute Gasteiger partial charge is 0.277 e. The third-order valence-corrected chi connectivity index (χ3v) is 2.82. The van der Waals surface area contributed by atoms with Crippen molar-refractivity contribution in [2.75, 3.05) is 6.54 Å². The lowest BCUT2D eigenvalue weighted by atomic mass is 10.2. The highest BCUT2D eigenvalue weighted by molar-refractivity contribution is 5.76. The van der Waals surface area contributed by atoms with Crippen molar-refractivity contribution in [3.63, 3.8) is 0 Å². The van der Waals surface area contributed by atoms with Gasteiger partial charge in [0, 0.05) is 6.04 Å². The number of fused-ring (bicyclic) bond motifs is 1. The molecule has 0 bridgehead atoms. The molecule has 1 unspecified atom stereocenters. The summed E-state index contributed by atoms with van der Waals surface area (Å²) in [6, 6.07) is 7.48. The van der Waals surface area contributed by atoms with Crippen molar-refractivity contribution in [1.29, 1.82) is 0 Å². The van der Waals surface area contributed by atoms with Gasteiger partial charge in [0.05, 0.1) is 11.9 Å². The molecule has 0 aliphatic rings. The fraction of sp³-hybridized carbons (Fsp3) is 0.462. The molecule has 1 aromatic heterocycles. The molecule has 0 amide bonds. The van der Waals surface area contributed by atoms with E-state index in [1.165, 1.54) is 4.68 Å². The van der Waals surface area contributed by atoms with E-state index in [4.69, 9.17) is 0 Å². The van der Waals surface area contributed by atoms with Gasteiger partial charge in [0.2, 0.25) is 0 Å². The molecule has 0 aliphatic heterocycles. The van der Waals surface area contributed by atoms with Crippen molar-refractivity contribution in [3.05, 3.63) is 34.6 Å². The molecule has 96 valence electrons. The molecule has 0 radical (unpaired) electrons. The normalized spacial score (nSPS) is 12.8. The minimum absolute atomic E-state index is 0.0780. The van der Waals surface area contributed by atoms with Crippen molar-refractivity contribution >= 4 is 10.9 Å². The first-order chi connectivity index (χ1) is 8.72. The molecule has 2 rings (SSSR count). The van der Waals surface area contributed by atoms with Gasteiger partial charge < -0.3 is 5.32 Å². The maximum atomic E-state index is 12.2. The van der Waals surface area contributed by atoms with Crippen LogP contribution in [-0.4, -0.2) is 27.6 Å². The molecular formula is C13H18N4O. The molecule has 1 aromatic carbocycles. The number of nitrogens with zero attached hydrogens (tertiary/aromatic N) is 3. The van der Waals surface area contributed by atoms with Gasteiger partial charge in [-0.25, -0.2) is 4.68 Å². The summed E-state index contributed by atoms with van der Waals surface area (Å²) in [4.78, 5) is 12.2. The van der Waals surface area contributed by atoms with Gasteiger partial charge in [0.15, 0.2) is 0 Å². The van der Waals surface area contributed by atoms with Gasteiger partial charge in [-0.1, -0.05) is 24.3 Å². The molecule has 1 N–H and O–H groups in total. The molecule has 0 spiro atoms. The second-order valence-electron chi connectivity index (χ2n) is 4.45. The van der Waals surface area contributed by atoms with Gasteiger partial charge in [-0.05, 0) is 32.0 Å². The standard InChI is InChI=1S/C13H18N4O/c1-3-8-14-10(2)9-17-13(18)11-6-4-5-7-12(11)15-16-17/h4-7,10,14H,3,8-9H2,1-2H3. The highest BCUT2D eigenvalue weighted by Gasteiger charge is 2.08. The molecule has 1 heterocycles. The molecule has 0 aliphatic carbocycles. The number of aromatic nitrogens is 3. The van der Waals surface area contributed by atoms with Gasteiger partial charge in [-0.3, -0.25) is 4.79 Å². The zero-order chi connectivity index (χ0) is 13.0. The third kappa shape index (κ3) is 2.73. The average Bonchev–Trinajstić information content (AvgIpc) is 2.40. The number of nitrogens with one attached hydrogen (secondary N) is 1. The first kappa shape index (κ1) is 12.7. The van der Waals surface area contributed by atoms with Crippen LogP contribution in [0.1, 0.15) is 20.3 Å². The topological polar surface area (TPSA) is 59.8 Å². The van der Waals surface area contributed by atoms with Crippen LogP contribution in [0, 0.1) is 0 Å². The van der Waals surface area contributed by atoms with Gasteiger partial charge in [-0.2, -0.15) is 0 Å². The van der Waals surface area contributed by atoms with Gasteiger partial charge in [0.25, 0.3) is 5.56 Å². The van der Waals surface area contributed by atoms with Crippen LogP contribution in [0.15, 0.2) is 29.1 Å². The van der Waals surface area contributed by atoms with Crippen LogP contribution < -0.4 is 10.9 Å². The number of rotatable bonds is 5. The summed E-state index contributed by atoms with van der Waals surface area (Å²) in [6.45, 7) is 5.63. The summed E-state index contributed by atoms with van der Waals surface area (Å²) in [5, 5.41) is 12.0. The van der Waals surface area contributed by atoms with Crippen LogP contribution in [0.2, 0.25) is 0 Å². The van der Waals surface area contributed by atoms with E-state index in [1.54, 1.807) is 12.1 Å². The third-order valence-electron chi connectivity index (χ3n) is 2.82. The Labute approximate surface area is 106 Å². The molecule has 1 atom stereocenters. The second-order valence-corrected chi connectivity index (χ2v) is 4.45. The molecule has 0 fully saturated rings. The Morgan fingerprint density at radius 2 is 2.17 bits per heavy atom. The lowest BCUT2D eigenvalue weighted by molar-refractivity contribution is 0.429. The summed E-state index contributed by atoms with van der Waals surface area (Å²) < 4.78 is 1.43. The summed E-state index contributed by atoms with van der Waals surface area (Å²) >= 11 is 0. The van der Waals surface area contributed by atoms with Crippen molar-refractivity contribution in [1.82, 2.24) is 20.3 Å². The van der Waals surface area contributed by atoms with Crippen molar-refractivity contribution in [3.8, 4) is 0 Å². The molecule has 2 aromatic rings. The monoisotopic (exact) mass is 246 g/mol. The fourth-order valence-corrected chi connectivity index (χ4v) is 1.86.